The van der Waals surface area contributed by atoms with Crippen molar-refractivity contribution in [3.63, 3.8) is 0 Å². The molecule has 2 aromatic heterocycles. The normalized spacial score (nSPS) is 12.9. The van der Waals surface area contributed by atoms with E-state index in [9.17, 15) is 9.59 Å². The van der Waals surface area contributed by atoms with Crippen LogP contribution < -0.4 is 4.74 Å². The van der Waals surface area contributed by atoms with Gasteiger partial charge in [-0.15, -0.1) is 10.2 Å². The standard InChI is InChI=1S/C26H24N4O4S/c1-33-19-9-6-8-18(16-19)23-27-28-26(30(23)17-20-10-7-14-34-20)35-15-5-4-13-29-24(31)21-11-2-3-12-22(21)25(29)32/h2-3,6-12,14,16H,4-5,13,15,17H2,1H3. The summed E-state index contributed by atoms with van der Waals surface area (Å²) in [6.07, 6.45) is 3.19. The average molecular weight is 489 g/mol. The third-order valence-corrected chi connectivity index (χ3v) is 6.88. The number of carbonyl (C=O) groups is 2. The number of hydrogen-bond acceptors (Lipinski definition) is 7. The van der Waals surface area contributed by atoms with Crippen LogP contribution in [0.4, 0.5) is 0 Å². The van der Waals surface area contributed by atoms with Crippen molar-refractivity contribution in [3.05, 3.63) is 83.8 Å². The van der Waals surface area contributed by atoms with Crippen LogP contribution in [0.15, 0.2) is 76.5 Å². The Labute approximate surface area is 206 Å². The summed E-state index contributed by atoms with van der Waals surface area (Å²) < 4.78 is 13.0. The van der Waals surface area contributed by atoms with Gasteiger partial charge in [0.2, 0.25) is 0 Å². The van der Waals surface area contributed by atoms with Gasteiger partial charge in [-0.25, -0.2) is 0 Å². The maximum atomic E-state index is 12.5. The Morgan fingerprint density at radius 2 is 1.74 bits per heavy atom. The number of hydrogen-bond donors (Lipinski definition) is 0. The summed E-state index contributed by atoms with van der Waals surface area (Å²) in [5.74, 6) is 2.64. The van der Waals surface area contributed by atoms with Crippen LogP contribution in [0.1, 0.15) is 39.3 Å². The number of methoxy groups -OCH3 is 1. The van der Waals surface area contributed by atoms with Crippen molar-refractivity contribution in [2.24, 2.45) is 0 Å². The third kappa shape index (κ3) is 4.72. The van der Waals surface area contributed by atoms with E-state index in [1.165, 1.54) is 4.90 Å². The van der Waals surface area contributed by atoms with E-state index in [2.05, 4.69) is 10.2 Å². The van der Waals surface area contributed by atoms with E-state index >= 15 is 0 Å². The molecule has 35 heavy (non-hydrogen) atoms. The van der Waals surface area contributed by atoms with E-state index in [1.54, 1.807) is 49.4 Å². The molecule has 2 amide bonds. The highest BCUT2D eigenvalue weighted by atomic mass is 32.2. The van der Waals surface area contributed by atoms with Crippen LogP contribution in [0.5, 0.6) is 5.75 Å². The molecular formula is C26H24N4O4S. The molecule has 9 heteroatoms. The van der Waals surface area contributed by atoms with Crippen molar-refractivity contribution in [2.45, 2.75) is 24.5 Å². The number of carbonyl (C=O) groups excluding carboxylic acids is 2. The Kier molecular flexibility index (Phi) is 6.67. The fraction of sp³-hybridized carbons (Fsp3) is 0.231. The maximum absolute atomic E-state index is 12.5. The van der Waals surface area contributed by atoms with Crippen molar-refractivity contribution < 1.29 is 18.7 Å². The van der Waals surface area contributed by atoms with E-state index < -0.39 is 0 Å². The van der Waals surface area contributed by atoms with Gasteiger partial charge in [0, 0.05) is 17.9 Å². The number of unbranched alkanes of at least 4 members (excludes halogenated alkanes) is 1. The van der Waals surface area contributed by atoms with Gasteiger partial charge in [0.25, 0.3) is 11.8 Å². The van der Waals surface area contributed by atoms with Gasteiger partial charge in [-0.1, -0.05) is 36.0 Å². The van der Waals surface area contributed by atoms with Gasteiger partial charge in [0.15, 0.2) is 11.0 Å². The highest BCUT2D eigenvalue weighted by molar-refractivity contribution is 7.99. The number of rotatable bonds is 10. The zero-order valence-electron chi connectivity index (χ0n) is 19.2. The van der Waals surface area contributed by atoms with E-state index in [4.69, 9.17) is 9.15 Å². The van der Waals surface area contributed by atoms with Crippen LogP contribution in [-0.4, -0.2) is 50.9 Å². The van der Waals surface area contributed by atoms with E-state index in [0.717, 1.165) is 40.2 Å². The van der Waals surface area contributed by atoms with Crippen LogP contribution in [0.3, 0.4) is 0 Å². The lowest BCUT2D eigenvalue weighted by Gasteiger charge is -2.13. The fourth-order valence-corrected chi connectivity index (χ4v) is 4.99. The van der Waals surface area contributed by atoms with Gasteiger partial charge in [-0.2, -0.15) is 0 Å². The Bertz CT molecular complexity index is 1310. The lowest BCUT2D eigenvalue weighted by molar-refractivity contribution is 0.0652. The number of benzene rings is 2. The number of amides is 2. The second-order valence-electron chi connectivity index (χ2n) is 8.07. The summed E-state index contributed by atoms with van der Waals surface area (Å²) in [7, 11) is 1.63. The summed E-state index contributed by atoms with van der Waals surface area (Å²) in [6, 6.07) is 18.5. The maximum Gasteiger partial charge on any atom is 0.261 e. The van der Waals surface area contributed by atoms with Crippen molar-refractivity contribution in [2.75, 3.05) is 19.4 Å². The topological polar surface area (TPSA) is 90.5 Å². The molecule has 8 nitrogen and oxygen atoms in total. The third-order valence-electron chi connectivity index (χ3n) is 5.82. The van der Waals surface area contributed by atoms with Crippen molar-refractivity contribution >= 4 is 23.6 Å². The van der Waals surface area contributed by atoms with Gasteiger partial charge in [0.1, 0.15) is 11.5 Å². The summed E-state index contributed by atoms with van der Waals surface area (Å²) >= 11 is 1.59. The second-order valence-corrected chi connectivity index (χ2v) is 9.13. The zero-order chi connectivity index (χ0) is 24.2. The first-order valence-corrected chi connectivity index (χ1v) is 12.3. The number of thioether (sulfide) groups is 1. The Balaban J connectivity index is 1.23. The molecule has 0 spiro atoms. The summed E-state index contributed by atoms with van der Waals surface area (Å²) in [5.41, 5.74) is 1.88. The summed E-state index contributed by atoms with van der Waals surface area (Å²) in [5, 5.41) is 9.65. The average Bonchev–Trinajstić information content (AvgIpc) is 3.60. The smallest absolute Gasteiger partial charge is 0.261 e. The second kappa shape index (κ2) is 10.2. The molecule has 0 atom stereocenters. The molecule has 0 N–H and O–H groups in total. The van der Waals surface area contributed by atoms with Crippen molar-refractivity contribution in [1.82, 2.24) is 19.7 Å². The summed E-state index contributed by atoms with van der Waals surface area (Å²) in [6.45, 7) is 0.908. The lowest BCUT2D eigenvalue weighted by atomic mass is 10.1. The van der Waals surface area contributed by atoms with Crippen LogP contribution in [0, 0.1) is 0 Å². The first-order chi connectivity index (χ1) is 17.2. The predicted octanol–water partition coefficient (Wildman–Crippen LogP) is 4.76. The molecule has 178 valence electrons. The predicted molar refractivity (Wildman–Crippen MR) is 132 cm³/mol. The fourth-order valence-electron chi connectivity index (χ4n) is 4.05. The molecule has 0 saturated heterocycles. The highest BCUT2D eigenvalue weighted by Gasteiger charge is 2.34. The van der Waals surface area contributed by atoms with Crippen LogP contribution >= 0.6 is 11.8 Å². The minimum absolute atomic E-state index is 0.209. The number of ether oxygens (including phenoxy) is 1. The number of nitrogens with zero attached hydrogens (tertiary/aromatic N) is 4. The molecule has 0 bridgehead atoms. The molecule has 3 heterocycles. The van der Waals surface area contributed by atoms with Crippen LogP contribution in [0.2, 0.25) is 0 Å². The SMILES string of the molecule is COc1cccc(-c2nnc(SCCCCN3C(=O)c4ccccc4C3=O)n2Cc2ccco2)c1. The first-order valence-electron chi connectivity index (χ1n) is 11.3. The molecule has 0 unspecified atom stereocenters. The molecule has 1 aliphatic heterocycles. The van der Waals surface area contributed by atoms with Crippen LogP contribution in [0.25, 0.3) is 11.4 Å². The van der Waals surface area contributed by atoms with Gasteiger partial charge in [-0.05, 0) is 49.2 Å². The van der Waals surface area contributed by atoms with E-state index in [0.29, 0.717) is 30.6 Å². The Morgan fingerprint density at radius 1 is 0.943 bits per heavy atom. The molecule has 2 aromatic carbocycles. The number of furan rings is 1. The molecule has 0 radical (unpaired) electrons. The number of fused-ring (bicyclic) bond motifs is 1. The number of aromatic nitrogens is 3. The molecular weight excluding hydrogens is 464 g/mol. The molecule has 0 fully saturated rings. The van der Waals surface area contributed by atoms with Gasteiger partial charge >= 0.3 is 0 Å². The molecule has 1 aliphatic rings. The molecule has 0 saturated carbocycles. The monoisotopic (exact) mass is 488 g/mol. The summed E-state index contributed by atoms with van der Waals surface area (Å²) in [4.78, 5) is 26.4. The zero-order valence-corrected chi connectivity index (χ0v) is 20.0. The highest BCUT2D eigenvalue weighted by Crippen LogP contribution is 2.28. The molecule has 5 rings (SSSR count). The van der Waals surface area contributed by atoms with Crippen molar-refractivity contribution in [1.29, 1.82) is 0 Å². The minimum Gasteiger partial charge on any atom is -0.497 e. The quantitative estimate of drug-likeness (QED) is 0.181. The van der Waals surface area contributed by atoms with Gasteiger partial charge in [-0.3, -0.25) is 19.1 Å². The Morgan fingerprint density at radius 3 is 2.46 bits per heavy atom. The van der Waals surface area contributed by atoms with Crippen LogP contribution in [-0.2, 0) is 6.54 Å². The van der Waals surface area contributed by atoms with E-state index in [1.807, 2.05) is 41.0 Å². The van der Waals surface area contributed by atoms with E-state index in [-0.39, 0.29) is 11.8 Å². The lowest BCUT2D eigenvalue weighted by Crippen LogP contribution is -2.30. The number of imide groups is 1. The van der Waals surface area contributed by atoms with Gasteiger partial charge in [0.05, 0.1) is 31.0 Å². The van der Waals surface area contributed by atoms with Gasteiger partial charge < -0.3 is 9.15 Å². The molecule has 0 aliphatic carbocycles. The largest absolute Gasteiger partial charge is 0.497 e. The Hall–Kier alpha value is -3.85. The first kappa shape index (κ1) is 22.9. The minimum atomic E-state index is -0.209. The van der Waals surface area contributed by atoms with Crippen molar-refractivity contribution in [3.8, 4) is 17.1 Å². The molecule has 4 aromatic rings.